The van der Waals surface area contributed by atoms with Crippen molar-refractivity contribution in [1.29, 1.82) is 0 Å². The summed E-state index contributed by atoms with van der Waals surface area (Å²) in [6, 6.07) is -0.718. The van der Waals surface area contributed by atoms with Gasteiger partial charge in [-0.05, 0) is 11.8 Å². The van der Waals surface area contributed by atoms with Gasteiger partial charge in [0.2, 0.25) is 0 Å². The first kappa shape index (κ1) is 17.4. The molecule has 1 amide bonds. The highest BCUT2D eigenvalue weighted by molar-refractivity contribution is 7.09. The molecule has 1 aromatic heterocycles. The molecule has 1 aromatic rings. The lowest BCUT2D eigenvalue weighted by Crippen LogP contribution is -2.45. The molecule has 0 bridgehead atoms. The molecule has 0 aliphatic rings. The van der Waals surface area contributed by atoms with Gasteiger partial charge >= 0.3 is 12.1 Å². The number of carbonyl (C=O) groups excluding carboxylic acids is 2. The number of esters is 1. The lowest BCUT2D eigenvalue weighted by Gasteiger charge is -2.19. The van der Waals surface area contributed by atoms with Crippen LogP contribution < -0.4 is 5.32 Å². The Balaban J connectivity index is 2.50. The number of amides is 1. The Labute approximate surface area is 128 Å². The molecule has 0 aliphatic carbocycles. The average molecular weight is 314 g/mol. The predicted molar refractivity (Wildman–Crippen MR) is 80.2 cm³/mol. The Bertz CT molecular complexity index is 485. The second-order valence-corrected chi connectivity index (χ2v) is 6.23. The number of thiazole rings is 1. The molecule has 7 heteroatoms. The third kappa shape index (κ3) is 5.34. The summed E-state index contributed by atoms with van der Waals surface area (Å²) in [6.45, 7) is 7.83. The van der Waals surface area contributed by atoms with E-state index in [0.717, 1.165) is 10.7 Å². The molecule has 0 fully saturated rings. The molecule has 21 heavy (non-hydrogen) atoms. The summed E-state index contributed by atoms with van der Waals surface area (Å²) >= 11 is 1.45. The molecule has 1 atom stereocenters. The largest absolute Gasteiger partial charge is 0.467 e. The second kappa shape index (κ2) is 7.97. The van der Waals surface area contributed by atoms with Gasteiger partial charge in [0.1, 0.15) is 17.7 Å². The van der Waals surface area contributed by atoms with E-state index in [-0.39, 0.29) is 12.5 Å². The van der Waals surface area contributed by atoms with Crippen molar-refractivity contribution < 1.29 is 19.1 Å². The van der Waals surface area contributed by atoms with Crippen LogP contribution in [-0.4, -0.2) is 30.2 Å². The first-order valence-corrected chi connectivity index (χ1v) is 7.68. The summed E-state index contributed by atoms with van der Waals surface area (Å²) in [5.74, 6) is -0.232. The lowest BCUT2D eigenvalue weighted by atomic mass is 10.1. The quantitative estimate of drug-likeness (QED) is 0.817. The molecule has 118 valence electrons. The van der Waals surface area contributed by atoms with Gasteiger partial charge in [-0.1, -0.05) is 27.7 Å². The van der Waals surface area contributed by atoms with Gasteiger partial charge in [-0.2, -0.15) is 0 Å². The van der Waals surface area contributed by atoms with Crippen molar-refractivity contribution in [2.75, 3.05) is 7.11 Å². The van der Waals surface area contributed by atoms with Crippen LogP contribution >= 0.6 is 11.3 Å². The van der Waals surface area contributed by atoms with Crippen molar-refractivity contribution in [3.63, 3.8) is 0 Å². The first-order valence-electron chi connectivity index (χ1n) is 6.80. The fourth-order valence-electron chi connectivity index (χ4n) is 1.58. The Morgan fingerprint density at radius 2 is 2.00 bits per heavy atom. The van der Waals surface area contributed by atoms with E-state index >= 15 is 0 Å². The highest BCUT2D eigenvalue weighted by atomic mass is 32.1. The van der Waals surface area contributed by atoms with Gasteiger partial charge in [0, 0.05) is 5.38 Å². The average Bonchev–Trinajstić information content (AvgIpc) is 2.90. The van der Waals surface area contributed by atoms with Crippen LogP contribution in [0.1, 0.15) is 44.3 Å². The van der Waals surface area contributed by atoms with E-state index in [1.165, 1.54) is 18.4 Å². The topological polar surface area (TPSA) is 77.5 Å². The van der Waals surface area contributed by atoms with Crippen LogP contribution in [0.3, 0.4) is 0 Å². The Morgan fingerprint density at radius 3 is 2.48 bits per heavy atom. The molecule has 6 nitrogen and oxygen atoms in total. The molecular weight excluding hydrogens is 292 g/mol. The molecule has 0 saturated carbocycles. The molecule has 0 unspecified atom stereocenters. The highest BCUT2D eigenvalue weighted by Gasteiger charge is 2.25. The molecular formula is C14H22N2O4S. The number of nitrogens with zero attached hydrogens (tertiary/aromatic N) is 1. The third-order valence-corrected chi connectivity index (χ3v) is 3.72. The number of nitrogens with one attached hydrogen (secondary N) is 1. The van der Waals surface area contributed by atoms with Crippen molar-refractivity contribution >= 4 is 23.4 Å². The summed E-state index contributed by atoms with van der Waals surface area (Å²) in [5.41, 5.74) is 0.980. The number of carbonyl (C=O) groups is 2. The molecule has 1 N–H and O–H groups in total. The Kier molecular flexibility index (Phi) is 6.61. The van der Waals surface area contributed by atoms with Gasteiger partial charge < -0.3 is 14.8 Å². The number of hydrogen-bond donors (Lipinski definition) is 1. The van der Waals surface area contributed by atoms with Crippen LogP contribution in [0.5, 0.6) is 0 Å². The molecule has 0 saturated heterocycles. The van der Waals surface area contributed by atoms with E-state index in [0.29, 0.717) is 5.92 Å². The summed E-state index contributed by atoms with van der Waals surface area (Å²) in [7, 11) is 1.29. The third-order valence-electron chi connectivity index (χ3n) is 2.88. The minimum atomic E-state index is -0.718. The lowest BCUT2D eigenvalue weighted by molar-refractivity contribution is -0.144. The fraction of sp³-hybridized carbons (Fsp3) is 0.643. The van der Waals surface area contributed by atoms with Gasteiger partial charge in [0.25, 0.3) is 0 Å². The zero-order valence-electron chi connectivity index (χ0n) is 13.0. The van der Waals surface area contributed by atoms with Gasteiger partial charge in [-0.3, -0.25) is 0 Å². The van der Waals surface area contributed by atoms with E-state index < -0.39 is 18.1 Å². The second-order valence-electron chi connectivity index (χ2n) is 5.29. The van der Waals surface area contributed by atoms with Crippen LogP contribution in [0.25, 0.3) is 0 Å². The maximum absolute atomic E-state index is 11.7. The van der Waals surface area contributed by atoms with Crippen LogP contribution in [0, 0.1) is 5.92 Å². The van der Waals surface area contributed by atoms with E-state index in [9.17, 15) is 9.59 Å². The molecule has 1 rings (SSSR count). The molecule has 0 aliphatic heterocycles. The van der Waals surface area contributed by atoms with Gasteiger partial charge in [0.05, 0.1) is 12.8 Å². The number of alkyl carbamates (subject to hydrolysis) is 1. The number of aromatic nitrogens is 1. The van der Waals surface area contributed by atoms with E-state index in [1.807, 2.05) is 19.2 Å². The zero-order valence-corrected chi connectivity index (χ0v) is 13.8. The highest BCUT2D eigenvalue weighted by Crippen LogP contribution is 2.18. The zero-order chi connectivity index (χ0) is 16.0. The summed E-state index contributed by atoms with van der Waals surface area (Å²) in [4.78, 5) is 27.6. The van der Waals surface area contributed by atoms with Crippen molar-refractivity contribution in [1.82, 2.24) is 10.3 Å². The number of methoxy groups -OCH3 is 1. The minimum Gasteiger partial charge on any atom is -0.467 e. The summed E-state index contributed by atoms with van der Waals surface area (Å²) < 4.78 is 9.73. The normalized spacial score (nSPS) is 12.3. The molecule has 0 spiro atoms. The smallest absolute Gasteiger partial charge is 0.408 e. The molecule has 0 radical (unpaired) electrons. The van der Waals surface area contributed by atoms with Crippen LogP contribution in [0.15, 0.2) is 5.38 Å². The van der Waals surface area contributed by atoms with Crippen molar-refractivity contribution in [2.45, 2.75) is 46.3 Å². The Morgan fingerprint density at radius 1 is 1.33 bits per heavy atom. The van der Waals surface area contributed by atoms with Crippen LogP contribution in [-0.2, 0) is 20.9 Å². The number of hydrogen-bond acceptors (Lipinski definition) is 6. The maximum atomic E-state index is 11.7. The van der Waals surface area contributed by atoms with Crippen molar-refractivity contribution in [3.05, 3.63) is 16.1 Å². The SMILES string of the molecule is COC(=O)[C@@H](NC(=O)OCc1nc(C(C)C)cs1)C(C)C. The summed E-state index contributed by atoms with van der Waals surface area (Å²) in [5, 5.41) is 5.19. The monoisotopic (exact) mass is 314 g/mol. The van der Waals surface area contributed by atoms with Crippen molar-refractivity contribution in [2.24, 2.45) is 5.92 Å². The maximum Gasteiger partial charge on any atom is 0.408 e. The fourth-order valence-corrected chi connectivity index (χ4v) is 2.44. The van der Waals surface area contributed by atoms with Gasteiger partial charge in [-0.25, -0.2) is 14.6 Å². The number of ether oxygens (including phenoxy) is 2. The Hall–Kier alpha value is -1.63. The van der Waals surface area contributed by atoms with Gasteiger partial charge in [0.15, 0.2) is 0 Å². The molecule has 1 heterocycles. The standard InChI is InChI=1S/C14H22N2O4S/c1-8(2)10-7-21-11(15-10)6-20-14(18)16-12(9(3)4)13(17)19-5/h7-9,12H,6H2,1-5H3,(H,16,18)/t12-/m0/s1. The van der Waals surface area contributed by atoms with E-state index in [1.54, 1.807) is 0 Å². The first-order chi connectivity index (χ1) is 9.85. The van der Waals surface area contributed by atoms with Crippen LogP contribution in [0.2, 0.25) is 0 Å². The van der Waals surface area contributed by atoms with Crippen molar-refractivity contribution in [3.8, 4) is 0 Å². The van der Waals surface area contributed by atoms with Gasteiger partial charge in [-0.15, -0.1) is 11.3 Å². The number of rotatable bonds is 6. The minimum absolute atomic E-state index is 0.0857. The predicted octanol–water partition coefficient (Wildman–Crippen LogP) is 2.69. The van der Waals surface area contributed by atoms with E-state index in [2.05, 4.69) is 28.9 Å². The van der Waals surface area contributed by atoms with E-state index in [4.69, 9.17) is 4.74 Å². The van der Waals surface area contributed by atoms with Crippen LogP contribution in [0.4, 0.5) is 4.79 Å². The summed E-state index contributed by atoms with van der Waals surface area (Å²) in [6.07, 6.45) is -0.652. The molecule has 0 aromatic carbocycles.